The highest BCUT2D eigenvalue weighted by molar-refractivity contribution is 9.12. The van der Waals surface area contributed by atoms with Crippen molar-refractivity contribution in [1.29, 1.82) is 0 Å². The zero-order valence-corrected chi connectivity index (χ0v) is 14.2. The third-order valence-electron chi connectivity index (χ3n) is 2.91. The van der Waals surface area contributed by atoms with Crippen molar-refractivity contribution in [3.05, 3.63) is 61.4 Å². The van der Waals surface area contributed by atoms with Crippen molar-refractivity contribution in [3.63, 3.8) is 0 Å². The van der Waals surface area contributed by atoms with Crippen LogP contribution in [0.25, 0.3) is 5.69 Å². The first-order valence-corrected chi connectivity index (χ1v) is 8.23. The van der Waals surface area contributed by atoms with E-state index in [9.17, 15) is 0 Å². The molecular weight excluding hydrogens is 404 g/mol. The van der Waals surface area contributed by atoms with E-state index in [1.54, 1.807) is 22.2 Å². The summed E-state index contributed by atoms with van der Waals surface area (Å²) in [4.78, 5) is 0. The first kappa shape index (κ1) is 13.9. The summed E-state index contributed by atoms with van der Waals surface area (Å²) < 4.78 is 3.81. The molecule has 20 heavy (non-hydrogen) atoms. The number of nitrogens with zero attached hydrogens (tertiary/aromatic N) is 3. The number of aromatic nitrogens is 3. The van der Waals surface area contributed by atoms with Crippen LogP contribution in [0.3, 0.4) is 0 Å². The van der Waals surface area contributed by atoms with Gasteiger partial charge in [-0.3, -0.25) is 0 Å². The molecule has 0 radical (unpaired) electrons. The topological polar surface area (TPSA) is 56.7 Å². The number of thiophene rings is 1. The highest BCUT2D eigenvalue weighted by Crippen LogP contribution is 2.36. The van der Waals surface area contributed by atoms with Crippen LogP contribution >= 0.6 is 43.2 Å². The average Bonchev–Trinajstić information content (AvgIpc) is 3.05. The van der Waals surface area contributed by atoms with E-state index >= 15 is 0 Å². The van der Waals surface area contributed by atoms with Gasteiger partial charge in [0.2, 0.25) is 0 Å². The molecular formula is C13H10Br2N4S. The van der Waals surface area contributed by atoms with E-state index in [1.807, 2.05) is 36.4 Å². The molecule has 0 aliphatic rings. The van der Waals surface area contributed by atoms with Crippen LogP contribution in [0.4, 0.5) is 0 Å². The van der Waals surface area contributed by atoms with E-state index in [1.165, 1.54) is 0 Å². The van der Waals surface area contributed by atoms with E-state index < -0.39 is 0 Å². The van der Waals surface area contributed by atoms with Gasteiger partial charge in [0.1, 0.15) is 0 Å². The van der Waals surface area contributed by atoms with Crippen LogP contribution in [0.5, 0.6) is 0 Å². The van der Waals surface area contributed by atoms with Crippen LogP contribution in [-0.4, -0.2) is 15.0 Å². The summed E-state index contributed by atoms with van der Waals surface area (Å²) >= 11 is 8.62. The number of rotatable bonds is 3. The molecule has 0 bridgehead atoms. The van der Waals surface area contributed by atoms with Gasteiger partial charge >= 0.3 is 0 Å². The van der Waals surface area contributed by atoms with Crippen molar-refractivity contribution in [1.82, 2.24) is 15.0 Å². The molecule has 3 rings (SSSR count). The van der Waals surface area contributed by atoms with E-state index in [0.717, 1.165) is 24.5 Å². The van der Waals surface area contributed by atoms with Crippen LogP contribution < -0.4 is 5.73 Å². The zero-order valence-electron chi connectivity index (χ0n) is 10.2. The standard InChI is InChI=1S/C13H10Br2N4S/c14-11-6-9(13(15)20-11)12(16)10-7-17-18-19(10)8-4-2-1-3-5-8/h1-7,12H,16H2. The van der Waals surface area contributed by atoms with Crippen LogP contribution in [0.2, 0.25) is 0 Å². The molecule has 0 aliphatic carbocycles. The lowest BCUT2D eigenvalue weighted by molar-refractivity contribution is 0.720. The molecule has 2 heterocycles. The smallest absolute Gasteiger partial charge is 0.0859 e. The molecule has 4 nitrogen and oxygen atoms in total. The van der Waals surface area contributed by atoms with Crippen molar-refractivity contribution in [3.8, 4) is 5.69 Å². The molecule has 0 fully saturated rings. The first-order valence-electron chi connectivity index (χ1n) is 5.83. The molecule has 0 amide bonds. The van der Waals surface area contributed by atoms with E-state index in [2.05, 4.69) is 42.2 Å². The van der Waals surface area contributed by atoms with Crippen molar-refractivity contribution >= 4 is 43.2 Å². The number of hydrogen-bond donors (Lipinski definition) is 1. The second-order valence-electron chi connectivity index (χ2n) is 4.16. The molecule has 7 heteroatoms. The van der Waals surface area contributed by atoms with Gasteiger partial charge in [-0.2, -0.15) is 0 Å². The van der Waals surface area contributed by atoms with Gasteiger partial charge in [-0.15, -0.1) is 16.4 Å². The van der Waals surface area contributed by atoms with Gasteiger partial charge in [-0.1, -0.05) is 23.4 Å². The van der Waals surface area contributed by atoms with E-state index in [4.69, 9.17) is 5.73 Å². The Morgan fingerprint density at radius 3 is 2.60 bits per heavy atom. The largest absolute Gasteiger partial charge is 0.319 e. The molecule has 0 saturated heterocycles. The fraction of sp³-hybridized carbons (Fsp3) is 0.0769. The molecule has 1 atom stereocenters. The Kier molecular flexibility index (Phi) is 4.02. The van der Waals surface area contributed by atoms with Gasteiger partial charge in [-0.25, -0.2) is 4.68 Å². The molecule has 102 valence electrons. The molecule has 0 saturated carbocycles. The molecule has 2 N–H and O–H groups in total. The maximum atomic E-state index is 6.37. The Hall–Kier alpha value is -1.02. The number of hydrogen-bond acceptors (Lipinski definition) is 4. The summed E-state index contributed by atoms with van der Waals surface area (Å²) in [5, 5.41) is 8.12. The Bertz CT molecular complexity index is 723. The summed E-state index contributed by atoms with van der Waals surface area (Å²) in [5.74, 6) is 0. The number of nitrogens with two attached hydrogens (primary N) is 1. The van der Waals surface area contributed by atoms with Crippen LogP contribution in [0, 0.1) is 0 Å². The summed E-state index contributed by atoms with van der Waals surface area (Å²) in [5.41, 5.74) is 9.18. The zero-order chi connectivity index (χ0) is 14.1. The van der Waals surface area contributed by atoms with Crippen molar-refractivity contribution < 1.29 is 0 Å². The Morgan fingerprint density at radius 2 is 1.95 bits per heavy atom. The summed E-state index contributed by atoms with van der Waals surface area (Å²) in [7, 11) is 0. The summed E-state index contributed by atoms with van der Waals surface area (Å²) in [6.07, 6.45) is 1.70. The monoisotopic (exact) mass is 412 g/mol. The third-order valence-corrected chi connectivity index (χ3v) is 5.30. The predicted molar refractivity (Wildman–Crippen MR) is 87.1 cm³/mol. The molecule has 0 spiro atoms. The maximum absolute atomic E-state index is 6.37. The minimum Gasteiger partial charge on any atom is -0.319 e. The minimum absolute atomic E-state index is 0.290. The van der Waals surface area contributed by atoms with Crippen LogP contribution in [0.1, 0.15) is 17.3 Å². The molecule has 2 aromatic heterocycles. The van der Waals surface area contributed by atoms with Gasteiger partial charge < -0.3 is 5.73 Å². The van der Waals surface area contributed by atoms with Crippen molar-refractivity contribution in [2.24, 2.45) is 5.73 Å². The molecule has 1 aromatic carbocycles. The van der Waals surface area contributed by atoms with Crippen LogP contribution in [0.15, 0.2) is 50.2 Å². The van der Waals surface area contributed by atoms with Crippen LogP contribution in [-0.2, 0) is 0 Å². The van der Waals surface area contributed by atoms with E-state index in [0.29, 0.717) is 0 Å². The quantitative estimate of drug-likeness (QED) is 0.708. The Labute approximate surface area is 136 Å². The number of halogens is 2. The first-order chi connectivity index (χ1) is 9.66. The highest BCUT2D eigenvalue weighted by Gasteiger charge is 2.20. The van der Waals surface area contributed by atoms with Crippen molar-refractivity contribution in [2.45, 2.75) is 6.04 Å². The number of para-hydroxylation sites is 1. The molecule has 3 aromatic rings. The van der Waals surface area contributed by atoms with Gasteiger partial charge in [0.25, 0.3) is 0 Å². The lowest BCUT2D eigenvalue weighted by atomic mass is 10.1. The Morgan fingerprint density at radius 1 is 1.20 bits per heavy atom. The van der Waals surface area contributed by atoms with Crippen molar-refractivity contribution in [2.75, 3.05) is 0 Å². The third kappa shape index (κ3) is 2.58. The summed E-state index contributed by atoms with van der Waals surface area (Å²) in [6.45, 7) is 0. The van der Waals surface area contributed by atoms with Gasteiger partial charge in [0.15, 0.2) is 0 Å². The SMILES string of the molecule is NC(c1cc(Br)sc1Br)c1cnnn1-c1ccccc1. The fourth-order valence-corrected chi connectivity index (χ4v) is 4.88. The molecule has 1 unspecified atom stereocenters. The average molecular weight is 414 g/mol. The Balaban J connectivity index is 2.04. The van der Waals surface area contributed by atoms with Gasteiger partial charge in [0, 0.05) is 5.56 Å². The predicted octanol–water partition coefficient (Wildman–Crippen LogP) is 3.90. The second kappa shape index (κ2) is 5.77. The number of benzene rings is 1. The summed E-state index contributed by atoms with van der Waals surface area (Å²) in [6, 6.07) is 11.6. The maximum Gasteiger partial charge on any atom is 0.0859 e. The van der Waals surface area contributed by atoms with Gasteiger partial charge in [0.05, 0.1) is 31.2 Å². The molecule has 0 aliphatic heterocycles. The highest BCUT2D eigenvalue weighted by atomic mass is 79.9. The normalized spacial score (nSPS) is 12.6. The van der Waals surface area contributed by atoms with Gasteiger partial charge in [-0.05, 0) is 50.1 Å². The second-order valence-corrected chi connectivity index (χ2v) is 7.91. The van der Waals surface area contributed by atoms with E-state index in [-0.39, 0.29) is 6.04 Å². The minimum atomic E-state index is -0.290. The lowest BCUT2D eigenvalue weighted by Crippen LogP contribution is -2.16. The fourth-order valence-electron chi connectivity index (χ4n) is 1.95. The lowest BCUT2D eigenvalue weighted by Gasteiger charge is -2.12.